The average molecular weight is 251 g/mol. The number of nitrogens with zero attached hydrogens (tertiary/aromatic N) is 1. The predicted octanol–water partition coefficient (Wildman–Crippen LogP) is 3.02. The van der Waals surface area contributed by atoms with Crippen molar-refractivity contribution in [2.45, 2.75) is 62.0 Å². The molecule has 1 amide bonds. The molecule has 1 aliphatic carbocycles. The summed E-state index contributed by atoms with van der Waals surface area (Å²) in [4.78, 5) is 15.2. The topological polar surface area (TPSA) is 20.3 Å². The highest BCUT2D eigenvalue weighted by atomic mass is 32.2. The van der Waals surface area contributed by atoms with Crippen molar-refractivity contribution >= 4 is 17.7 Å². The maximum Gasteiger partial charge on any atom is 0.240 e. The summed E-state index contributed by atoms with van der Waals surface area (Å²) >= 11 is 2.07. The van der Waals surface area contributed by atoms with Gasteiger partial charge in [-0.3, -0.25) is 4.79 Å². The molecule has 3 atom stereocenters. The van der Waals surface area contributed by atoms with Gasteiger partial charge in [-0.05, 0) is 43.4 Å². The molecule has 2 nitrogen and oxygen atoms in total. The van der Waals surface area contributed by atoms with E-state index >= 15 is 0 Å². The standard InChI is InChI=1S/C14H21NOS/c1-12(2)6-4-8-15-11(16)13-7-3-5-10(13)9-14(12,15)17-13/h10H,3-9H2,1-2H3/t10-,13+,14+/m0/s1. The molecule has 3 heterocycles. The largest absolute Gasteiger partial charge is 0.326 e. The van der Waals surface area contributed by atoms with Crippen LogP contribution in [0, 0.1) is 11.3 Å². The van der Waals surface area contributed by atoms with E-state index in [9.17, 15) is 4.79 Å². The summed E-state index contributed by atoms with van der Waals surface area (Å²) in [6.07, 6.45) is 7.47. The fourth-order valence-electron chi connectivity index (χ4n) is 4.95. The molecule has 3 saturated heterocycles. The number of carbonyl (C=O) groups excluding carboxylic acids is 1. The zero-order chi connectivity index (χ0) is 11.9. The molecule has 1 saturated carbocycles. The molecule has 4 fully saturated rings. The van der Waals surface area contributed by atoms with Gasteiger partial charge in [0.15, 0.2) is 0 Å². The van der Waals surface area contributed by atoms with Crippen LogP contribution in [-0.4, -0.2) is 27.0 Å². The highest BCUT2D eigenvalue weighted by molar-refractivity contribution is 8.03. The first-order valence-corrected chi connectivity index (χ1v) is 7.86. The second kappa shape index (κ2) is 2.87. The van der Waals surface area contributed by atoms with Crippen LogP contribution in [0.1, 0.15) is 52.4 Å². The van der Waals surface area contributed by atoms with Crippen LogP contribution < -0.4 is 0 Å². The Bertz CT molecular complexity index is 407. The lowest BCUT2D eigenvalue weighted by Crippen LogP contribution is -2.61. The quantitative estimate of drug-likeness (QED) is 0.659. The highest BCUT2D eigenvalue weighted by Crippen LogP contribution is 2.73. The summed E-state index contributed by atoms with van der Waals surface area (Å²) in [5, 5.41) is 0. The van der Waals surface area contributed by atoms with E-state index in [1.807, 2.05) is 0 Å². The summed E-state index contributed by atoms with van der Waals surface area (Å²) in [6.45, 7) is 5.79. The van der Waals surface area contributed by atoms with Crippen LogP contribution in [0.25, 0.3) is 0 Å². The Morgan fingerprint density at radius 3 is 2.94 bits per heavy atom. The molecule has 0 aromatic rings. The van der Waals surface area contributed by atoms with Gasteiger partial charge >= 0.3 is 0 Å². The van der Waals surface area contributed by atoms with Gasteiger partial charge in [-0.25, -0.2) is 0 Å². The van der Waals surface area contributed by atoms with E-state index in [4.69, 9.17) is 0 Å². The Balaban J connectivity index is 1.86. The average Bonchev–Trinajstić information content (AvgIpc) is 2.83. The van der Waals surface area contributed by atoms with Gasteiger partial charge in [0, 0.05) is 6.54 Å². The molecule has 0 aromatic heterocycles. The number of amides is 1. The van der Waals surface area contributed by atoms with Gasteiger partial charge in [0.1, 0.15) is 0 Å². The summed E-state index contributed by atoms with van der Waals surface area (Å²) in [5.41, 5.74) is 0.305. The third-order valence-corrected chi connectivity index (χ3v) is 8.27. The Labute approximate surface area is 108 Å². The van der Waals surface area contributed by atoms with E-state index in [2.05, 4.69) is 30.5 Å². The number of carbonyl (C=O) groups is 1. The Morgan fingerprint density at radius 1 is 1.29 bits per heavy atom. The minimum atomic E-state index is 0.0155. The molecule has 4 aliphatic rings. The maximum atomic E-state index is 12.8. The Hall–Kier alpha value is -0.180. The van der Waals surface area contributed by atoms with Crippen molar-refractivity contribution in [2.24, 2.45) is 11.3 Å². The smallest absolute Gasteiger partial charge is 0.240 e. The second-order valence-electron chi connectivity index (χ2n) is 7.01. The van der Waals surface area contributed by atoms with Crippen molar-refractivity contribution in [2.75, 3.05) is 6.54 Å². The lowest BCUT2D eigenvalue weighted by molar-refractivity contribution is -0.147. The first-order valence-electron chi connectivity index (χ1n) is 7.04. The number of rotatable bonds is 0. The molecular weight excluding hydrogens is 230 g/mol. The van der Waals surface area contributed by atoms with E-state index in [0.29, 0.717) is 17.2 Å². The minimum Gasteiger partial charge on any atom is -0.326 e. The third kappa shape index (κ3) is 0.970. The van der Waals surface area contributed by atoms with Crippen LogP contribution >= 0.6 is 11.8 Å². The van der Waals surface area contributed by atoms with Crippen LogP contribution in [0.15, 0.2) is 0 Å². The van der Waals surface area contributed by atoms with E-state index < -0.39 is 0 Å². The van der Waals surface area contributed by atoms with E-state index in [-0.39, 0.29) is 9.62 Å². The van der Waals surface area contributed by atoms with Gasteiger partial charge in [-0.15, -0.1) is 11.8 Å². The molecule has 3 heteroatoms. The SMILES string of the molecule is CC1(C)CCCN2C(=O)[C@@]34CCC[C@H]3C[C@]21S4. The molecule has 0 radical (unpaired) electrons. The normalized spacial score (nSPS) is 50.6. The van der Waals surface area contributed by atoms with Crippen LogP contribution in [-0.2, 0) is 4.79 Å². The minimum absolute atomic E-state index is 0.0155. The zero-order valence-corrected chi connectivity index (χ0v) is 11.6. The first kappa shape index (κ1) is 10.7. The number of hydrogen-bond acceptors (Lipinski definition) is 2. The van der Waals surface area contributed by atoms with Gasteiger partial charge in [0.05, 0.1) is 9.62 Å². The van der Waals surface area contributed by atoms with Crippen molar-refractivity contribution in [1.82, 2.24) is 4.90 Å². The Morgan fingerprint density at radius 2 is 2.12 bits per heavy atom. The van der Waals surface area contributed by atoms with Gasteiger partial charge < -0.3 is 4.90 Å². The van der Waals surface area contributed by atoms with Gasteiger partial charge in [-0.1, -0.05) is 20.3 Å². The van der Waals surface area contributed by atoms with Crippen molar-refractivity contribution in [1.29, 1.82) is 0 Å². The lowest BCUT2D eigenvalue weighted by Gasteiger charge is -2.53. The summed E-state index contributed by atoms with van der Waals surface area (Å²) in [5.74, 6) is 1.19. The molecule has 3 aliphatic heterocycles. The summed E-state index contributed by atoms with van der Waals surface area (Å²) in [6, 6.07) is 0. The van der Waals surface area contributed by atoms with Crippen LogP contribution in [0.2, 0.25) is 0 Å². The lowest BCUT2D eigenvalue weighted by atomic mass is 9.68. The molecule has 0 aromatic carbocycles. The van der Waals surface area contributed by atoms with E-state index in [1.165, 1.54) is 32.1 Å². The summed E-state index contributed by atoms with van der Waals surface area (Å²) in [7, 11) is 0. The fourth-order valence-corrected chi connectivity index (χ4v) is 7.31. The summed E-state index contributed by atoms with van der Waals surface area (Å²) < 4.78 is 0.0155. The van der Waals surface area contributed by atoms with Gasteiger partial charge in [0.25, 0.3) is 0 Å². The van der Waals surface area contributed by atoms with Crippen LogP contribution in [0.5, 0.6) is 0 Å². The molecule has 4 rings (SSSR count). The monoisotopic (exact) mass is 251 g/mol. The van der Waals surface area contributed by atoms with Gasteiger partial charge in [0.2, 0.25) is 5.91 Å². The van der Waals surface area contributed by atoms with Gasteiger partial charge in [-0.2, -0.15) is 0 Å². The number of thioether (sulfide) groups is 1. The predicted molar refractivity (Wildman–Crippen MR) is 69.7 cm³/mol. The third-order valence-electron chi connectivity index (χ3n) is 5.92. The molecule has 0 N–H and O–H groups in total. The van der Waals surface area contributed by atoms with E-state index in [1.54, 1.807) is 0 Å². The van der Waals surface area contributed by atoms with Crippen molar-refractivity contribution in [3.63, 3.8) is 0 Å². The van der Waals surface area contributed by atoms with Crippen LogP contribution in [0.3, 0.4) is 0 Å². The van der Waals surface area contributed by atoms with Crippen LogP contribution in [0.4, 0.5) is 0 Å². The maximum absolute atomic E-state index is 12.8. The molecular formula is C14H21NOS. The molecule has 94 valence electrons. The van der Waals surface area contributed by atoms with Crippen molar-refractivity contribution in [3.05, 3.63) is 0 Å². The molecule has 0 unspecified atom stereocenters. The molecule has 2 spiro atoms. The first-order chi connectivity index (χ1) is 8.02. The number of hydrogen-bond donors (Lipinski definition) is 0. The van der Waals surface area contributed by atoms with E-state index in [0.717, 1.165) is 13.0 Å². The highest BCUT2D eigenvalue weighted by Gasteiger charge is 2.74. The number of piperidine rings is 2. The second-order valence-corrected chi connectivity index (χ2v) is 8.62. The fraction of sp³-hybridized carbons (Fsp3) is 0.929. The Kier molecular flexibility index (Phi) is 1.81. The van der Waals surface area contributed by atoms with Crippen molar-refractivity contribution < 1.29 is 4.79 Å². The zero-order valence-electron chi connectivity index (χ0n) is 10.8. The molecule has 2 bridgehead atoms. The molecule has 17 heavy (non-hydrogen) atoms. The van der Waals surface area contributed by atoms with Crippen molar-refractivity contribution in [3.8, 4) is 0 Å².